The molecule has 1 aromatic rings. The van der Waals surface area contributed by atoms with E-state index in [1.165, 1.54) is 15.7 Å². The minimum atomic E-state index is 0.228. The van der Waals surface area contributed by atoms with Crippen LogP contribution in [0.3, 0.4) is 0 Å². The van der Waals surface area contributed by atoms with Gasteiger partial charge in [-0.05, 0) is 44.9 Å². The first kappa shape index (κ1) is 10.0. The largest absolute Gasteiger partial charge is 0.366 e. The van der Waals surface area contributed by atoms with Gasteiger partial charge in [-0.1, -0.05) is 22.0 Å². The average molecular weight is 254 g/mol. The van der Waals surface area contributed by atoms with Crippen molar-refractivity contribution < 1.29 is 0 Å². The van der Waals surface area contributed by atoms with E-state index < -0.39 is 0 Å². The van der Waals surface area contributed by atoms with Crippen LogP contribution < -0.4 is 4.90 Å². The molecule has 0 atom stereocenters. The lowest BCUT2D eigenvalue weighted by molar-refractivity contribution is 0.518. The van der Waals surface area contributed by atoms with Crippen molar-refractivity contribution in [3.63, 3.8) is 0 Å². The fourth-order valence-electron chi connectivity index (χ4n) is 2.09. The molecule has 0 radical (unpaired) electrons. The highest BCUT2D eigenvalue weighted by atomic mass is 79.9. The van der Waals surface area contributed by atoms with Crippen LogP contribution in [0.1, 0.15) is 26.3 Å². The molecule has 0 N–H and O–H groups in total. The summed E-state index contributed by atoms with van der Waals surface area (Å²) in [6, 6.07) is 6.47. The Morgan fingerprint density at radius 2 is 2.00 bits per heavy atom. The maximum atomic E-state index is 3.61. The molecule has 76 valence electrons. The lowest BCUT2D eigenvalue weighted by Gasteiger charge is -2.34. The van der Waals surface area contributed by atoms with Crippen molar-refractivity contribution >= 4 is 21.6 Å². The van der Waals surface area contributed by atoms with Gasteiger partial charge in [0.25, 0.3) is 0 Å². The highest BCUT2D eigenvalue weighted by Crippen LogP contribution is 2.37. The molecule has 0 aromatic heterocycles. The summed E-state index contributed by atoms with van der Waals surface area (Å²) in [7, 11) is 0. The third kappa shape index (κ3) is 1.56. The van der Waals surface area contributed by atoms with Crippen molar-refractivity contribution in [3.05, 3.63) is 28.2 Å². The van der Waals surface area contributed by atoms with Gasteiger partial charge in [0, 0.05) is 22.2 Å². The first-order valence-corrected chi connectivity index (χ1v) is 5.84. The van der Waals surface area contributed by atoms with Crippen LogP contribution in [0.2, 0.25) is 0 Å². The van der Waals surface area contributed by atoms with Gasteiger partial charge in [0.05, 0.1) is 0 Å². The molecule has 1 aliphatic heterocycles. The van der Waals surface area contributed by atoms with E-state index in [1.54, 1.807) is 0 Å². The zero-order valence-electron chi connectivity index (χ0n) is 8.97. The zero-order valence-corrected chi connectivity index (χ0v) is 10.6. The summed E-state index contributed by atoms with van der Waals surface area (Å²) in [6.45, 7) is 7.94. The Morgan fingerprint density at radius 3 is 2.64 bits per heavy atom. The molecule has 0 spiro atoms. The second-order valence-corrected chi connectivity index (χ2v) is 5.66. The second-order valence-electron chi connectivity index (χ2n) is 4.81. The Morgan fingerprint density at radius 1 is 1.29 bits per heavy atom. The summed E-state index contributed by atoms with van der Waals surface area (Å²) in [5, 5.41) is 0. The van der Waals surface area contributed by atoms with E-state index in [0.29, 0.717) is 0 Å². The van der Waals surface area contributed by atoms with Crippen LogP contribution in [0.15, 0.2) is 22.7 Å². The third-order valence-corrected chi connectivity index (χ3v) is 3.52. The standard InChI is InChI=1S/C12H16BrN/c1-12(2,3)14-8-7-9-10(13)5-4-6-11(9)14/h4-6H,7-8H2,1-3H3. The van der Waals surface area contributed by atoms with Crippen molar-refractivity contribution in [2.24, 2.45) is 0 Å². The van der Waals surface area contributed by atoms with Crippen LogP contribution in [-0.2, 0) is 6.42 Å². The van der Waals surface area contributed by atoms with Gasteiger partial charge in [0.2, 0.25) is 0 Å². The molecule has 0 aliphatic carbocycles. The van der Waals surface area contributed by atoms with Gasteiger partial charge >= 0.3 is 0 Å². The molecule has 1 heterocycles. The Hall–Kier alpha value is -0.500. The average Bonchev–Trinajstić information content (AvgIpc) is 2.47. The van der Waals surface area contributed by atoms with E-state index >= 15 is 0 Å². The molecule has 0 saturated carbocycles. The molecule has 0 saturated heterocycles. The van der Waals surface area contributed by atoms with Crippen LogP contribution in [-0.4, -0.2) is 12.1 Å². The number of hydrogen-bond acceptors (Lipinski definition) is 1. The lowest BCUT2D eigenvalue weighted by Crippen LogP contribution is -2.40. The van der Waals surface area contributed by atoms with Crippen molar-refractivity contribution in [2.75, 3.05) is 11.4 Å². The van der Waals surface area contributed by atoms with Gasteiger partial charge in [0.15, 0.2) is 0 Å². The quantitative estimate of drug-likeness (QED) is 0.683. The first-order valence-electron chi connectivity index (χ1n) is 5.05. The van der Waals surface area contributed by atoms with Crippen molar-refractivity contribution in [1.82, 2.24) is 0 Å². The molecular formula is C12H16BrN. The Labute approximate surface area is 94.2 Å². The summed E-state index contributed by atoms with van der Waals surface area (Å²) in [5.41, 5.74) is 3.08. The number of nitrogens with zero attached hydrogens (tertiary/aromatic N) is 1. The molecule has 0 unspecified atom stereocenters. The minimum absolute atomic E-state index is 0.228. The monoisotopic (exact) mass is 253 g/mol. The van der Waals surface area contributed by atoms with E-state index in [0.717, 1.165) is 13.0 Å². The summed E-state index contributed by atoms with van der Waals surface area (Å²) < 4.78 is 1.25. The van der Waals surface area contributed by atoms with E-state index in [4.69, 9.17) is 0 Å². The lowest BCUT2D eigenvalue weighted by atomic mass is 10.1. The Bertz CT molecular complexity index is 352. The summed E-state index contributed by atoms with van der Waals surface area (Å²) >= 11 is 3.61. The molecule has 2 heteroatoms. The predicted molar refractivity (Wildman–Crippen MR) is 64.9 cm³/mol. The summed E-state index contributed by atoms with van der Waals surface area (Å²) in [4.78, 5) is 2.48. The molecular weight excluding hydrogens is 238 g/mol. The summed E-state index contributed by atoms with van der Waals surface area (Å²) in [5.74, 6) is 0. The molecule has 0 amide bonds. The molecule has 1 nitrogen and oxygen atoms in total. The first-order chi connectivity index (χ1) is 6.50. The minimum Gasteiger partial charge on any atom is -0.366 e. The number of fused-ring (bicyclic) bond motifs is 1. The van der Waals surface area contributed by atoms with Crippen LogP contribution >= 0.6 is 15.9 Å². The van der Waals surface area contributed by atoms with Gasteiger partial charge in [-0.2, -0.15) is 0 Å². The highest BCUT2D eigenvalue weighted by molar-refractivity contribution is 9.10. The molecule has 0 fully saturated rings. The van der Waals surface area contributed by atoms with Crippen molar-refractivity contribution in [3.8, 4) is 0 Å². The van der Waals surface area contributed by atoms with Gasteiger partial charge in [-0.3, -0.25) is 0 Å². The topological polar surface area (TPSA) is 3.24 Å². The SMILES string of the molecule is CC(C)(C)N1CCc2c(Br)cccc21. The van der Waals surface area contributed by atoms with Crippen LogP contribution in [0.4, 0.5) is 5.69 Å². The van der Waals surface area contributed by atoms with Gasteiger partial charge in [-0.15, -0.1) is 0 Å². The van der Waals surface area contributed by atoms with Crippen molar-refractivity contribution in [2.45, 2.75) is 32.7 Å². The fourth-order valence-corrected chi connectivity index (χ4v) is 2.64. The maximum Gasteiger partial charge on any atom is 0.0415 e. The van der Waals surface area contributed by atoms with E-state index in [-0.39, 0.29) is 5.54 Å². The van der Waals surface area contributed by atoms with E-state index in [2.05, 4.69) is 59.8 Å². The van der Waals surface area contributed by atoms with Crippen LogP contribution in [0, 0.1) is 0 Å². The smallest absolute Gasteiger partial charge is 0.0415 e. The number of anilines is 1. The maximum absolute atomic E-state index is 3.61. The van der Waals surface area contributed by atoms with E-state index in [1.807, 2.05) is 0 Å². The summed E-state index contributed by atoms with van der Waals surface area (Å²) in [6.07, 6.45) is 1.16. The second kappa shape index (κ2) is 3.27. The molecule has 14 heavy (non-hydrogen) atoms. The van der Waals surface area contributed by atoms with Gasteiger partial charge < -0.3 is 4.90 Å². The molecule has 0 bridgehead atoms. The van der Waals surface area contributed by atoms with E-state index in [9.17, 15) is 0 Å². The van der Waals surface area contributed by atoms with Crippen LogP contribution in [0.25, 0.3) is 0 Å². The molecule has 1 aromatic carbocycles. The Balaban J connectivity index is 2.45. The predicted octanol–water partition coefficient (Wildman–Crippen LogP) is 3.61. The molecule has 2 rings (SSSR count). The number of rotatable bonds is 0. The van der Waals surface area contributed by atoms with Crippen molar-refractivity contribution in [1.29, 1.82) is 0 Å². The van der Waals surface area contributed by atoms with Crippen LogP contribution in [0.5, 0.6) is 0 Å². The fraction of sp³-hybridized carbons (Fsp3) is 0.500. The third-order valence-electron chi connectivity index (χ3n) is 2.78. The number of halogens is 1. The number of benzene rings is 1. The van der Waals surface area contributed by atoms with Gasteiger partial charge in [0.1, 0.15) is 0 Å². The normalized spacial score (nSPS) is 15.9. The Kier molecular flexibility index (Phi) is 2.34. The van der Waals surface area contributed by atoms with Gasteiger partial charge in [-0.25, -0.2) is 0 Å². The highest BCUT2D eigenvalue weighted by Gasteiger charge is 2.28. The number of hydrogen-bond donors (Lipinski definition) is 0. The molecule has 1 aliphatic rings. The zero-order chi connectivity index (χ0) is 10.3.